The Bertz CT molecular complexity index is 930. The van der Waals surface area contributed by atoms with Gasteiger partial charge in [0, 0.05) is 6.20 Å². The topological polar surface area (TPSA) is 64.7 Å². The number of para-hydroxylation sites is 1. The van der Waals surface area contributed by atoms with Gasteiger partial charge in [-0.2, -0.15) is 10.2 Å². The molecule has 25 heavy (non-hydrogen) atoms. The van der Waals surface area contributed by atoms with Crippen LogP contribution in [0.5, 0.6) is 0 Å². The van der Waals surface area contributed by atoms with E-state index in [0.717, 1.165) is 15.9 Å². The summed E-state index contributed by atoms with van der Waals surface area (Å²) in [6.07, 6.45) is 1.72. The number of anilines is 1. The number of hydrogen-bond acceptors (Lipinski definition) is 3. The van der Waals surface area contributed by atoms with Gasteiger partial charge in [0.25, 0.3) is 5.91 Å². The van der Waals surface area contributed by atoms with Crippen molar-refractivity contribution in [1.29, 1.82) is 0 Å². The lowest BCUT2D eigenvalue weighted by Gasteiger charge is -2.08. The van der Waals surface area contributed by atoms with Gasteiger partial charge in [0.05, 0.1) is 31.6 Å². The number of benzene rings is 1. The highest BCUT2D eigenvalue weighted by molar-refractivity contribution is 9.10. The first-order valence-electron chi connectivity index (χ1n) is 7.35. The van der Waals surface area contributed by atoms with Gasteiger partial charge in [0.15, 0.2) is 5.69 Å². The Kier molecular flexibility index (Phi) is 5.17. The van der Waals surface area contributed by atoms with E-state index in [1.807, 2.05) is 13.8 Å². The zero-order valence-corrected chi connectivity index (χ0v) is 16.5. The van der Waals surface area contributed by atoms with Gasteiger partial charge in [-0.15, -0.1) is 0 Å². The third kappa shape index (κ3) is 3.73. The molecule has 0 saturated carbocycles. The highest BCUT2D eigenvalue weighted by atomic mass is 79.9. The molecule has 0 atom stereocenters. The van der Waals surface area contributed by atoms with Crippen LogP contribution < -0.4 is 5.32 Å². The Labute approximate surface area is 162 Å². The maximum atomic E-state index is 12.4. The molecule has 130 valence electrons. The number of halogens is 3. The van der Waals surface area contributed by atoms with Crippen LogP contribution in [-0.2, 0) is 6.67 Å². The Balaban J connectivity index is 1.77. The average molecular weight is 443 g/mol. The molecule has 0 bridgehead atoms. The number of amides is 1. The minimum atomic E-state index is -0.386. The van der Waals surface area contributed by atoms with E-state index in [1.165, 1.54) is 0 Å². The van der Waals surface area contributed by atoms with Crippen LogP contribution in [0.4, 0.5) is 5.69 Å². The van der Waals surface area contributed by atoms with Gasteiger partial charge in [-0.25, -0.2) is 4.68 Å². The monoisotopic (exact) mass is 441 g/mol. The van der Waals surface area contributed by atoms with Crippen LogP contribution in [0.25, 0.3) is 0 Å². The van der Waals surface area contributed by atoms with E-state index in [0.29, 0.717) is 22.4 Å². The molecule has 2 heterocycles. The van der Waals surface area contributed by atoms with Gasteiger partial charge < -0.3 is 5.32 Å². The van der Waals surface area contributed by atoms with Crippen molar-refractivity contribution < 1.29 is 4.79 Å². The van der Waals surface area contributed by atoms with Crippen LogP contribution in [0.2, 0.25) is 10.0 Å². The molecule has 1 N–H and O–H groups in total. The Morgan fingerprint density at radius 3 is 2.48 bits per heavy atom. The average Bonchev–Trinajstić information content (AvgIpc) is 3.13. The molecular formula is C16H14BrCl2N5O. The van der Waals surface area contributed by atoms with Crippen molar-refractivity contribution in [2.45, 2.75) is 20.5 Å². The van der Waals surface area contributed by atoms with E-state index in [4.69, 9.17) is 23.2 Å². The molecule has 0 unspecified atom stereocenters. The largest absolute Gasteiger partial charge is 0.318 e. The van der Waals surface area contributed by atoms with Gasteiger partial charge in [-0.3, -0.25) is 9.48 Å². The number of aromatic nitrogens is 4. The zero-order chi connectivity index (χ0) is 18.1. The molecule has 6 nitrogen and oxygen atoms in total. The van der Waals surface area contributed by atoms with Gasteiger partial charge in [0.1, 0.15) is 6.67 Å². The molecule has 0 saturated heterocycles. The maximum Gasteiger partial charge on any atom is 0.276 e. The molecule has 0 fully saturated rings. The minimum absolute atomic E-state index is 0.261. The summed E-state index contributed by atoms with van der Waals surface area (Å²) in [5, 5.41) is 12.1. The van der Waals surface area contributed by atoms with Crippen LogP contribution in [0.1, 0.15) is 21.9 Å². The van der Waals surface area contributed by atoms with Crippen molar-refractivity contribution >= 4 is 50.7 Å². The summed E-state index contributed by atoms with van der Waals surface area (Å²) in [5.74, 6) is -0.386. The minimum Gasteiger partial charge on any atom is -0.318 e. The standard InChI is InChI=1S/C16H14BrCl2N5O/c1-9-14(17)10(2)24(21-9)8-23-7-6-13(22-23)16(25)20-15-11(18)4-3-5-12(15)19/h3-7H,8H2,1-2H3,(H,20,25). The Morgan fingerprint density at radius 2 is 1.88 bits per heavy atom. The highest BCUT2D eigenvalue weighted by Crippen LogP contribution is 2.30. The molecule has 0 spiro atoms. The van der Waals surface area contributed by atoms with Gasteiger partial charge in [0.2, 0.25) is 0 Å². The van der Waals surface area contributed by atoms with Crippen LogP contribution in [0.3, 0.4) is 0 Å². The normalized spacial score (nSPS) is 10.9. The summed E-state index contributed by atoms with van der Waals surface area (Å²) < 4.78 is 4.40. The van der Waals surface area contributed by atoms with Crippen molar-refractivity contribution in [1.82, 2.24) is 19.6 Å². The highest BCUT2D eigenvalue weighted by Gasteiger charge is 2.15. The lowest BCUT2D eigenvalue weighted by atomic mass is 10.3. The number of hydrogen-bond donors (Lipinski definition) is 1. The molecule has 3 rings (SSSR count). The molecule has 0 aliphatic rings. The second-order valence-electron chi connectivity index (χ2n) is 5.42. The number of carbonyl (C=O) groups excluding carboxylic acids is 1. The van der Waals surface area contributed by atoms with Crippen molar-refractivity contribution in [3.63, 3.8) is 0 Å². The second-order valence-corrected chi connectivity index (χ2v) is 7.02. The van der Waals surface area contributed by atoms with Crippen molar-refractivity contribution in [2.24, 2.45) is 0 Å². The summed E-state index contributed by atoms with van der Waals surface area (Å²) in [6.45, 7) is 4.28. The summed E-state index contributed by atoms with van der Waals surface area (Å²) in [7, 11) is 0. The van der Waals surface area contributed by atoms with Gasteiger partial charge in [-0.05, 0) is 48.0 Å². The maximum absolute atomic E-state index is 12.4. The fourth-order valence-electron chi connectivity index (χ4n) is 2.31. The van der Waals surface area contributed by atoms with E-state index >= 15 is 0 Å². The van der Waals surface area contributed by atoms with Crippen LogP contribution in [-0.4, -0.2) is 25.5 Å². The second kappa shape index (κ2) is 7.19. The molecule has 0 radical (unpaired) electrons. The zero-order valence-electron chi connectivity index (χ0n) is 13.4. The molecule has 3 aromatic rings. The summed E-state index contributed by atoms with van der Waals surface area (Å²) in [5.41, 5.74) is 2.52. The van der Waals surface area contributed by atoms with Crippen LogP contribution in [0.15, 0.2) is 34.9 Å². The smallest absolute Gasteiger partial charge is 0.276 e. The van der Waals surface area contributed by atoms with E-state index in [2.05, 4.69) is 31.4 Å². The first-order chi connectivity index (χ1) is 11.9. The molecule has 2 aromatic heterocycles. The molecule has 0 aliphatic carbocycles. The van der Waals surface area contributed by atoms with Crippen molar-refractivity contribution in [3.05, 3.63) is 62.1 Å². The molecule has 1 aromatic carbocycles. The summed E-state index contributed by atoms with van der Waals surface area (Å²) >= 11 is 15.6. The van der Waals surface area contributed by atoms with Crippen molar-refractivity contribution in [3.8, 4) is 0 Å². The van der Waals surface area contributed by atoms with E-state index in [-0.39, 0.29) is 11.6 Å². The molecule has 0 aliphatic heterocycles. The molecular weight excluding hydrogens is 429 g/mol. The summed E-state index contributed by atoms with van der Waals surface area (Å²) in [6, 6.07) is 6.65. The molecule has 1 amide bonds. The lowest BCUT2D eigenvalue weighted by Crippen LogP contribution is -2.16. The number of carbonyl (C=O) groups is 1. The van der Waals surface area contributed by atoms with Crippen molar-refractivity contribution in [2.75, 3.05) is 5.32 Å². The van der Waals surface area contributed by atoms with Crippen LogP contribution in [0, 0.1) is 13.8 Å². The SMILES string of the molecule is Cc1nn(Cn2ccc(C(=O)Nc3c(Cl)cccc3Cl)n2)c(C)c1Br. The number of aryl methyl sites for hydroxylation is 1. The van der Waals surface area contributed by atoms with Crippen LogP contribution >= 0.6 is 39.1 Å². The molecule has 9 heteroatoms. The quantitative estimate of drug-likeness (QED) is 0.645. The lowest BCUT2D eigenvalue weighted by molar-refractivity contribution is 0.102. The number of nitrogens with zero attached hydrogens (tertiary/aromatic N) is 4. The van der Waals surface area contributed by atoms with Gasteiger partial charge >= 0.3 is 0 Å². The van der Waals surface area contributed by atoms with E-state index in [9.17, 15) is 4.79 Å². The third-order valence-corrected chi connectivity index (χ3v) is 5.42. The van der Waals surface area contributed by atoms with E-state index < -0.39 is 0 Å². The fourth-order valence-corrected chi connectivity index (χ4v) is 3.08. The number of rotatable bonds is 4. The van der Waals surface area contributed by atoms with E-state index in [1.54, 1.807) is 39.8 Å². The number of nitrogens with one attached hydrogen (secondary N) is 1. The predicted octanol–water partition coefficient (Wildman–Crippen LogP) is 4.52. The first kappa shape index (κ1) is 18.0. The Hall–Kier alpha value is -1.83. The predicted molar refractivity (Wildman–Crippen MR) is 101 cm³/mol. The summed E-state index contributed by atoms with van der Waals surface area (Å²) in [4.78, 5) is 12.4. The Morgan fingerprint density at radius 1 is 1.20 bits per heavy atom. The third-order valence-electron chi connectivity index (χ3n) is 3.65. The van der Waals surface area contributed by atoms with Gasteiger partial charge in [-0.1, -0.05) is 29.3 Å². The fraction of sp³-hybridized carbons (Fsp3) is 0.188. The first-order valence-corrected chi connectivity index (χ1v) is 8.90.